The molecule has 1 aliphatic heterocycles. The van der Waals surface area contributed by atoms with Gasteiger partial charge in [0, 0.05) is 24.6 Å². The average molecular weight is 616 g/mol. The van der Waals surface area contributed by atoms with Crippen LogP contribution in [0.5, 0.6) is 0 Å². The fourth-order valence-electron chi connectivity index (χ4n) is 6.25. The Bertz CT molecular complexity index is 1580. The second-order valence-electron chi connectivity index (χ2n) is 11.0. The summed E-state index contributed by atoms with van der Waals surface area (Å²) in [5.74, 6) is -3.61. The number of aliphatic hydroxyl groups excluding tert-OH is 1. The number of carbonyl (C=O) groups is 1. The van der Waals surface area contributed by atoms with Gasteiger partial charge < -0.3 is 10.0 Å². The van der Waals surface area contributed by atoms with Gasteiger partial charge in [-0.2, -0.15) is 31.4 Å². The molecule has 2 atom stereocenters. The number of hydrogen-bond donors (Lipinski definition) is 1. The molecule has 0 bridgehead atoms. The van der Waals surface area contributed by atoms with E-state index < -0.39 is 54.2 Å². The van der Waals surface area contributed by atoms with Crippen molar-refractivity contribution in [2.75, 3.05) is 18.0 Å². The molecule has 230 valence electrons. The van der Waals surface area contributed by atoms with E-state index in [1.54, 1.807) is 4.90 Å². The zero-order valence-electron chi connectivity index (χ0n) is 23.1. The highest BCUT2D eigenvalue weighted by Crippen LogP contribution is 2.48. The van der Waals surface area contributed by atoms with E-state index in [1.807, 2.05) is 60.7 Å². The summed E-state index contributed by atoms with van der Waals surface area (Å²) in [6, 6.07) is 17.6. The van der Waals surface area contributed by atoms with Crippen molar-refractivity contribution in [2.45, 2.75) is 55.6 Å². The van der Waals surface area contributed by atoms with Crippen LogP contribution in [0.4, 0.5) is 32.2 Å². The number of Topliss-reactive ketones (excluding diaryl/α,β-unsaturated/α-hetero) is 1. The predicted octanol–water partition coefficient (Wildman–Crippen LogP) is 5.85. The largest absolute Gasteiger partial charge is 0.434 e. The van der Waals surface area contributed by atoms with Crippen LogP contribution in [-0.2, 0) is 17.4 Å². The van der Waals surface area contributed by atoms with Gasteiger partial charge in [0.1, 0.15) is 23.9 Å². The van der Waals surface area contributed by atoms with E-state index >= 15 is 0 Å². The van der Waals surface area contributed by atoms with Crippen LogP contribution in [0.1, 0.15) is 64.5 Å². The third-order valence-electron chi connectivity index (χ3n) is 8.34. The van der Waals surface area contributed by atoms with E-state index in [4.69, 9.17) is 5.10 Å². The standard InChI is InChI=1S/C31H27F6N5O2/c32-30(33,34)23-16-39-24(17-38-23)41-13-11-18(12-14-41)27-25-21(15-22(43)29(44)26(25)31(35,36)37)42(40-27)28(19-7-3-1-4-8-19)20-9-5-2-6-10-20/h1-10,16-18,26,28-29,44H,11-15H2/t26-,29-/m0/s1. The first kappa shape index (κ1) is 29.8. The number of nitrogens with zero attached hydrogens (tertiary/aromatic N) is 5. The Morgan fingerprint density at radius 2 is 1.43 bits per heavy atom. The SMILES string of the molecule is O=C1Cc2c(c(C3CCN(c4cnc(C(F)(F)F)cn4)CC3)nn2C(c2ccccc2)c2ccccc2)[C@H](C(F)(F)F)[C@H]1O. The summed E-state index contributed by atoms with van der Waals surface area (Å²) in [6.07, 6.45) is -9.89. The molecule has 6 rings (SSSR count). The van der Waals surface area contributed by atoms with Crippen LogP contribution in [0.2, 0.25) is 0 Å². The van der Waals surface area contributed by atoms with Crippen LogP contribution in [0.15, 0.2) is 73.1 Å². The van der Waals surface area contributed by atoms with Crippen molar-refractivity contribution in [3.05, 3.63) is 107 Å². The van der Waals surface area contributed by atoms with Gasteiger partial charge in [-0.3, -0.25) is 9.48 Å². The fourth-order valence-corrected chi connectivity index (χ4v) is 6.25. The highest BCUT2D eigenvalue weighted by Gasteiger charge is 2.54. The van der Waals surface area contributed by atoms with Gasteiger partial charge in [-0.15, -0.1) is 0 Å². The van der Waals surface area contributed by atoms with Crippen molar-refractivity contribution in [2.24, 2.45) is 0 Å². The van der Waals surface area contributed by atoms with Gasteiger partial charge in [-0.25, -0.2) is 9.97 Å². The highest BCUT2D eigenvalue weighted by molar-refractivity contribution is 5.88. The van der Waals surface area contributed by atoms with Gasteiger partial charge in [0.15, 0.2) is 11.5 Å². The zero-order chi connectivity index (χ0) is 31.2. The van der Waals surface area contributed by atoms with Gasteiger partial charge in [0.25, 0.3) is 0 Å². The van der Waals surface area contributed by atoms with Crippen LogP contribution in [-0.4, -0.2) is 56.0 Å². The number of benzene rings is 2. The van der Waals surface area contributed by atoms with Crippen LogP contribution in [0.25, 0.3) is 0 Å². The Kier molecular flexibility index (Phi) is 7.68. The van der Waals surface area contributed by atoms with E-state index in [-0.39, 0.29) is 35.9 Å². The first-order valence-electron chi connectivity index (χ1n) is 14.1. The lowest BCUT2D eigenvalue weighted by Gasteiger charge is -2.34. The zero-order valence-corrected chi connectivity index (χ0v) is 23.1. The minimum absolute atomic E-state index is 0.117. The van der Waals surface area contributed by atoms with Crippen molar-refractivity contribution in [3.8, 4) is 0 Å². The third-order valence-corrected chi connectivity index (χ3v) is 8.34. The molecule has 0 saturated carbocycles. The molecule has 0 amide bonds. The molecule has 1 N–H and O–H groups in total. The normalized spacial score (nSPS) is 19.8. The molecular formula is C31H27F6N5O2. The number of fused-ring (bicyclic) bond motifs is 1. The molecule has 1 fully saturated rings. The van der Waals surface area contributed by atoms with Crippen molar-refractivity contribution < 1.29 is 36.2 Å². The number of halogens is 6. The molecule has 13 heteroatoms. The number of aromatic nitrogens is 4. The molecule has 0 unspecified atom stereocenters. The maximum Gasteiger partial charge on any atom is 0.434 e. The molecule has 0 spiro atoms. The molecule has 2 aliphatic rings. The summed E-state index contributed by atoms with van der Waals surface area (Å²) in [5.41, 5.74) is 0.511. The fraction of sp³-hybridized carbons (Fsp3) is 0.355. The second-order valence-corrected chi connectivity index (χ2v) is 11.0. The van der Waals surface area contributed by atoms with E-state index in [1.165, 1.54) is 4.68 Å². The van der Waals surface area contributed by atoms with E-state index in [9.17, 15) is 36.2 Å². The Morgan fingerprint density at radius 1 is 0.841 bits per heavy atom. The minimum Gasteiger partial charge on any atom is -0.384 e. The number of rotatable bonds is 5. The van der Waals surface area contributed by atoms with Crippen molar-refractivity contribution in [3.63, 3.8) is 0 Å². The minimum atomic E-state index is -4.92. The maximum absolute atomic E-state index is 14.6. The van der Waals surface area contributed by atoms with Gasteiger partial charge in [-0.1, -0.05) is 60.7 Å². The summed E-state index contributed by atoms with van der Waals surface area (Å²) >= 11 is 0. The number of alkyl halides is 6. The molecule has 1 aliphatic carbocycles. The number of ketones is 1. The first-order chi connectivity index (χ1) is 20.9. The highest BCUT2D eigenvalue weighted by atomic mass is 19.4. The lowest BCUT2D eigenvalue weighted by atomic mass is 9.78. The lowest BCUT2D eigenvalue weighted by molar-refractivity contribution is -0.179. The molecule has 2 aromatic carbocycles. The Labute approximate surface area is 248 Å². The van der Waals surface area contributed by atoms with Gasteiger partial charge in [-0.05, 0) is 24.0 Å². The average Bonchev–Trinajstić information content (AvgIpc) is 3.35. The maximum atomic E-state index is 14.6. The number of aliphatic hydroxyl groups is 1. The molecule has 3 heterocycles. The third kappa shape index (κ3) is 5.56. The number of carbonyl (C=O) groups excluding carboxylic acids is 1. The monoisotopic (exact) mass is 615 g/mol. The number of hydrogen-bond acceptors (Lipinski definition) is 6. The molecule has 2 aromatic heterocycles. The van der Waals surface area contributed by atoms with Gasteiger partial charge >= 0.3 is 12.4 Å². The Balaban J connectivity index is 1.42. The van der Waals surface area contributed by atoms with E-state index in [0.717, 1.165) is 17.3 Å². The molecule has 0 radical (unpaired) electrons. The molecule has 44 heavy (non-hydrogen) atoms. The van der Waals surface area contributed by atoms with Crippen LogP contribution < -0.4 is 4.90 Å². The van der Waals surface area contributed by atoms with E-state index in [0.29, 0.717) is 19.0 Å². The molecular weight excluding hydrogens is 588 g/mol. The van der Waals surface area contributed by atoms with Crippen LogP contribution in [0, 0.1) is 0 Å². The van der Waals surface area contributed by atoms with E-state index in [2.05, 4.69) is 9.97 Å². The topological polar surface area (TPSA) is 84.1 Å². The van der Waals surface area contributed by atoms with Crippen molar-refractivity contribution in [1.82, 2.24) is 19.7 Å². The second kappa shape index (κ2) is 11.3. The summed E-state index contributed by atoms with van der Waals surface area (Å²) in [5, 5.41) is 15.4. The smallest absolute Gasteiger partial charge is 0.384 e. The van der Waals surface area contributed by atoms with Crippen LogP contribution >= 0.6 is 0 Å². The summed E-state index contributed by atoms with van der Waals surface area (Å²) in [7, 11) is 0. The quantitative estimate of drug-likeness (QED) is 0.284. The summed E-state index contributed by atoms with van der Waals surface area (Å²) < 4.78 is 84.1. The molecule has 7 nitrogen and oxygen atoms in total. The summed E-state index contributed by atoms with van der Waals surface area (Å²) in [6.45, 7) is 0.566. The predicted molar refractivity (Wildman–Crippen MR) is 147 cm³/mol. The first-order valence-corrected chi connectivity index (χ1v) is 14.1. The van der Waals surface area contributed by atoms with Gasteiger partial charge in [0.05, 0.1) is 30.2 Å². The summed E-state index contributed by atoms with van der Waals surface area (Å²) in [4.78, 5) is 21.9. The molecule has 4 aromatic rings. The Hall–Kier alpha value is -4.26. The van der Waals surface area contributed by atoms with Gasteiger partial charge in [0.2, 0.25) is 0 Å². The van der Waals surface area contributed by atoms with Crippen molar-refractivity contribution >= 4 is 11.6 Å². The van der Waals surface area contributed by atoms with Crippen LogP contribution in [0.3, 0.4) is 0 Å². The number of piperidine rings is 1. The Morgan fingerprint density at radius 3 is 1.93 bits per heavy atom. The number of anilines is 1. The lowest BCUT2D eigenvalue weighted by Crippen LogP contribution is -2.43. The van der Waals surface area contributed by atoms with Crippen molar-refractivity contribution in [1.29, 1.82) is 0 Å². The molecule has 1 saturated heterocycles.